The summed E-state index contributed by atoms with van der Waals surface area (Å²) in [4.78, 5) is 38.1. The van der Waals surface area contributed by atoms with Crippen molar-refractivity contribution in [2.75, 3.05) is 0 Å². The summed E-state index contributed by atoms with van der Waals surface area (Å²) < 4.78 is 0. The van der Waals surface area contributed by atoms with E-state index < -0.39 is 0 Å². The summed E-state index contributed by atoms with van der Waals surface area (Å²) in [5, 5.41) is 6.45. The zero-order valence-electron chi connectivity index (χ0n) is 16.3. The fourth-order valence-corrected chi connectivity index (χ4v) is 4.70. The third kappa shape index (κ3) is 3.61. The van der Waals surface area contributed by atoms with Gasteiger partial charge in [0.25, 0.3) is 11.8 Å². The van der Waals surface area contributed by atoms with Crippen molar-refractivity contribution in [2.45, 2.75) is 63.5 Å². The monoisotopic (exact) mass is 379 g/mol. The predicted octanol–water partition coefficient (Wildman–Crippen LogP) is 2.49. The van der Waals surface area contributed by atoms with E-state index in [-0.39, 0.29) is 22.9 Å². The molecule has 2 bridgehead atoms. The van der Waals surface area contributed by atoms with Crippen molar-refractivity contribution in [1.82, 2.24) is 25.6 Å². The average molecular weight is 379 g/mol. The van der Waals surface area contributed by atoms with E-state index >= 15 is 0 Å². The minimum absolute atomic E-state index is 0.140. The van der Waals surface area contributed by atoms with Crippen molar-refractivity contribution in [3.8, 4) is 0 Å². The van der Waals surface area contributed by atoms with Crippen molar-refractivity contribution in [3.63, 3.8) is 0 Å². The van der Waals surface area contributed by atoms with Gasteiger partial charge in [-0.2, -0.15) is 0 Å². The van der Waals surface area contributed by atoms with Gasteiger partial charge < -0.3 is 10.6 Å². The molecule has 28 heavy (non-hydrogen) atoms. The number of carbonyl (C=O) groups is 2. The Labute approximate surface area is 164 Å². The molecule has 0 saturated heterocycles. The number of fused-ring (bicyclic) bond motifs is 2. The Kier molecular flexibility index (Phi) is 4.61. The molecule has 2 saturated carbocycles. The highest BCUT2D eigenvalue weighted by molar-refractivity contribution is 5.93. The van der Waals surface area contributed by atoms with Crippen LogP contribution in [0.4, 0.5) is 0 Å². The zero-order valence-corrected chi connectivity index (χ0v) is 16.3. The number of hydrogen-bond acceptors (Lipinski definition) is 5. The number of aryl methyl sites for hydroxylation is 2. The van der Waals surface area contributed by atoms with Crippen LogP contribution in [-0.2, 0) is 0 Å². The molecule has 2 unspecified atom stereocenters. The second-order valence-electron chi connectivity index (χ2n) is 8.15. The van der Waals surface area contributed by atoms with E-state index in [2.05, 4.69) is 25.6 Å². The van der Waals surface area contributed by atoms with Crippen LogP contribution in [0.2, 0.25) is 0 Å². The lowest BCUT2D eigenvalue weighted by Gasteiger charge is -2.40. The molecule has 7 heteroatoms. The largest absolute Gasteiger partial charge is 0.345 e. The highest BCUT2D eigenvalue weighted by Crippen LogP contribution is 2.48. The fraction of sp³-hybridized carbons (Fsp3) is 0.476. The van der Waals surface area contributed by atoms with Crippen LogP contribution in [0.25, 0.3) is 0 Å². The first-order valence-corrected chi connectivity index (χ1v) is 9.77. The number of nitrogens with zero attached hydrogens (tertiary/aromatic N) is 3. The van der Waals surface area contributed by atoms with E-state index in [1.54, 1.807) is 25.3 Å². The molecule has 2 N–H and O–H groups in total. The van der Waals surface area contributed by atoms with Crippen LogP contribution in [0, 0.1) is 13.8 Å². The summed E-state index contributed by atoms with van der Waals surface area (Å²) in [5.41, 5.74) is 1.08. The molecule has 0 spiro atoms. The second-order valence-corrected chi connectivity index (χ2v) is 8.15. The summed E-state index contributed by atoms with van der Waals surface area (Å²) in [5.74, 6) is 0.265. The molecule has 0 aliphatic heterocycles. The number of pyridine rings is 1. The molecule has 2 aromatic heterocycles. The van der Waals surface area contributed by atoms with Gasteiger partial charge in [0.1, 0.15) is 17.2 Å². The third-order valence-electron chi connectivity index (χ3n) is 5.96. The number of rotatable bonds is 4. The van der Waals surface area contributed by atoms with Crippen LogP contribution in [0.5, 0.6) is 0 Å². The lowest BCUT2D eigenvalue weighted by molar-refractivity contribution is 0.0826. The van der Waals surface area contributed by atoms with E-state index in [1.165, 1.54) is 0 Å². The Morgan fingerprint density at radius 3 is 2.14 bits per heavy atom. The minimum atomic E-state index is -0.290. The smallest absolute Gasteiger partial charge is 0.270 e. The van der Waals surface area contributed by atoms with Crippen LogP contribution >= 0.6 is 0 Å². The van der Waals surface area contributed by atoms with E-state index in [4.69, 9.17) is 0 Å². The third-order valence-corrected chi connectivity index (χ3v) is 5.96. The van der Waals surface area contributed by atoms with Gasteiger partial charge >= 0.3 is 0 Å². The normalized spacial score (nSPS) is 25.9. The lowest BCUT2D eigenvalue weighted by atomic mass is 9.78. The fourth-order valence-electron chi connectivity index (χ4n) is 4.70. The highest BCUT2D eigenvalue weighted by Gasteiger charge is 2.52. The number of aromatic nitrogens is 3. The number of nitrogens with one attached hydrogen (secondary N) is 2. The first-order chi connectivity index (χ1) is 13.4. The molecule has 2 heterocycles. The van der Waals surface area contributed by atoms with Crippen molar-refractivity contribution in [1.29, 1.82) is 0 Å². The maximum Gasteiger partial charge on any atom is 0.270 e. The predicted molar refractivity (Wildman–Crippen MR) is 104 cm³/mol. The topological polar surface area (TPSA) is 96.9 Å². The molecule has 146 valence electrons. The zero-order chi connectivity index (χ0) is 19.8. The summed E-state index contributed by atoms with van der Waals surface area (Å²) in [6, 6.07) is 7.09. The van der Waals surface area contributed by atoms with Crippen molar-refractivity contribution >= 4 is 11.8 Å². The summed E-state index contributed by atoms with van der Waals surface area (Å²) in [7, 11) is 0. The Bertz CT molecular complexity index is 857. The van der Waals surface area contributed by atoms with Gasteiger partial charge in [-0.1, -0.05) is 6.07 Å². The van der Waals surface area contributed by atoms with Gasteiger partial charge in [0, 0.05) is 23.0 Å². The first-order valence-electron chi connectivity index (χ1n) is 9.77. The molecule has 4 rings (SSSR count). The van der Waals surface area contributed by atoms with E-state index in [0.29, 0.717) is 17.2 Å². The highest BCUT2D eigenvalue weighted by atomic mass is 16.2. The van der Waals surface area contributed by atoms with Gasteiger partial charge in [-0.3, -0.25) is 9.59 Å². The quantitative estimate of drug-likeness (QED) is 0.851. The molecule has 0 radical (unpaired) electrons. The van der Waals surface area contributed by atoms with Crippen molar-refractivity contribution in [3.05, 3.63) is 53.4 Å². The van der Waals surface area contributed by atoms with Crippen molar-refractivity contribution in [2.24, 2.45) is 0 Å². The number of amides is 2. The second kappa shape index (κ2) is 6.96. The van der Waals surface area contributed by atoms with Gasteiger partial charge in [0.15, 0.2) is 0 Å². The minimum Gasteiger partial charge on any atom is -0.345 e. The Morgan fingerprint density at radius 1 is 0.893 bits per heavy atom. The number of hydrogen-bond donors (Lipinski definition) is 2. The summed E-state index contributed by atoms with van der Waals surface area (Å²) in [6.45, 7) is 3.64. The van der Waals surface area contributed by atoms with Crippen LogP contribution in [0.3, 0.4) is 0 Å². The van der Waals surface area contributed by atoms with E-state index in [0.717, 1.165) is 44.2 Å². The van der Waals surface area contributed by atoms with Crippen LogP contribution in [0.1, 0.15) is 71.0 Å². The molecular formula is C21H25N5O2. The maximum atomic E-state index is 12.8. The average Bonchev–Trinajstić information content (AvgIpc) is 2.91. The molecule has 2 amide bonds. The van der Waals surface area contributed by atoms with Gasteiger partial charge in [-0.05, 0) is 70.6 Å². The molecule has 2 atom stereocenters. The molecule has 0 aromatic carbocycles. The molecule has 2 aromatic rings. The molecule has 2 fully saturated rings. The van der Waals surface area contributed by atoms with Crippen LogP contribution in [-0.4, -0.2) is 37.8 Å². The van der Waals surface area contributed by atoms with Gasteiger partial charge in [0.05, 0.1) is 0 Å². The van der Waals surface area contributed by atoms with Gasteiger partial charge in [-0.15, -0.1) is 0 Å². The summed E-state index contributed by atoms with van der Waals surface area (Å²) >= 11 is 0. The number of carbonyl (C=O) groups excluding carboxylic acids is 2. The SMILES string of the molecule is Cc1cccc(C(=O)NC23CCCC(NC(=O)c4ccnc(C)n4)(CC2)C3)n1. The Morgan fingerprint density at radius 2 is 1.54 bits per heavy atom. The first kappa shape index (κ1) is 18.5. The Hall–Kier alpha value is -2.83. The maximum absolute atomic E-state index is 12.8. The standard InChI is InChI=1S/C21H25N5O2/c1-14-5-3-6-16(23-14)18(27)25-20-8-4-9-21(13-20,11-10-20)26-19(28)17-7-12-22-15(2)24-17/h3,5-7,12H,4,8-11,13H2,1-2H3,(H,25,27)(H,26,28). The van der Waals surface area contributed by atoms with E-state index in [1.807, 2.05) is 19.1 Å². The molecule has 7 nitrogen and oxygen atoms in total. The van der Waals surface area contributed by atoms with E-state index in [9.17, 15) is 9.59 Å². The molecular weight excluding hydrogens is 354 g/mol. The van der Waals surface area contributed by atoms with Gasteiger partial charge in [0.2, 0.25) is 0 Å². The molecule has 2 aliphatic carbocycles. The van der Waals surface area contributed by atoms with Crippen LogP contribution < -0.4 is 10.6 Å². The Balaban J connectivity index is 1.48. The molecule has 2 aliphatic rings. The van der Waals surface area contributed by atoms with Crippen molar-refractivity contribution < 1.29 is 9.59 Å². The van der Waals surface area contributed by atoms with Crippen LogP contribution in [0.15, 0.2) is 30.5 Å². The van der Waals surface area contributed by atoms with Gasteiger partial charge in [-0.25, -0.2) is 15.0 Å². The summed E-state index contributed by atoms with van der Waals surface area (Å²) in [6.07, 6.45) is 6.86. The lowest BCUT2D eigenvalue weighted by Crippen LogP contribution is -2.55.